The van der Waals surface area contributed by atoms with E-state index in [0.717, 1.165) is 90.0 Å². The Morgan fingerprint density at radius 2 is 1.02 bits per heavy atom. The number of nitrogens with zero attached hydrogens (tertiary/aromatic N) is 8. The van der Waals surface area contributed by atoms with Gasteiger partial charge in [0, 0.05) is 92.5 Å². The lowest BCUT2D eigenvalue weighted by molar-refractivity contribution is -0.224. The average Bonchev–Trinajstić information content (AvgIpc) is 2.89. The number of benzene rings is 1. The number of hydrogen-bond acceptors (Lipinski definition) is 7. The van der Waals surface area contributed by atoms with Gasteiger partial charge in [-0.3, -0.25) is 19.6 Å². The fraction of sp³-hybridized carbons (Fsp3) is 0.812. The third-order valence-electron chi connectivity index (χ3n) is 12.7. The van der Waals surface area contributed by atoms with Crippen molar-refractivity contribution < 1.29 is 8.42 Å². The van der Waals surface area contributed by atoms with Crippen LogP contribution in [0.1, 0.15) is 72.3 Å². The minimum absolute atomic E-state index is 0.0537. The molecule has 10 nitrogen and oxygen atoms in total. The minimum atomic E-state index is -3.45. The van der Waals surface area contributed by atoms with Crippen LogP contribution in [0.25, 0.3) is 10.4 Å². The second kappa shape index (κ2) is 10.7. The van der Waals surface area contributed by atoms with Gasteiger partial charge < -0.3 is 0 Å². The van der Waals surface area contributed by atoms with E-state index in [-0.39, 0.29) is 27.7 Å². The largest absolute Gasteiger partial charge is 0.294 e. The van der Waals surface area contributed by atoms with E-state index in [2.05, 4.69) is 64.2 Å². The van der Waals surface area contributed by atoms with Gasteiger partial charge in [0.05, 0.1) is 10.4 Å². The number of aryl methyl sites for hydroxylation is 1. The van der Waals surface area contributed by atoms with E-state index in [1.807, 2.05) is 19.1 Å². The van der Waals surface area contributed by atoms with Crippen LogP contribution in [0.3, 0.4) is 0 Å². The molecule has 5 aliphatic heterocycles. The van der Waals surface area contributed by atoms with E-state index in [1.165, 1.54) is 0 Å². The lowest BCUT2D eigenvalue weighted by Gasteiger charge is -2.73. The van der Waals surface area contributed by atoms with Crippen molar-refractivity contribution in [1.82, 2.24) is 23.9 Å². The Hall–Kier alpha value is -1.72. The van der Waals surface area contributed by atoms with Crippen LogP contribution in [-0.2, 0) is 10.0 Å². The summed E-state index contributed by atoms with van der Waals surface area (Å²) in [7, 11) is -3.45. The van der Waals surface area contributed by atoms with E-state index in [1.54, 1.807) is 16.4 Å². The number of likely N-dealkylation sites (tertiary alicyclic amines) is 4. The Morgan fingerprint density at radius 3 is 1.37 bits per heavy atom. The molecule has 0 amide bonds. The van der Waals surface area contributed by atoms with E-state index in [9.17, 15) is 8.42 Å². The van der Waals surface area contributed by atoms with Gasteiger partial charge in [-0.2, -0.15) is 4.31 Å². The topological polar surface area (TPSA) is 99.1 Å². The molecule has 238 valence electrons. The molecule has 5 saturated heterocycles. The number of hydrogen-bond donors (Lipinski definition) is 0. The Morgan fingerprint density at radius 1 is 0.651 bits per heavy atom. The molecule has 5 aliphatic rings. The SMILES string of the molecule is CCC1(N=[N+]=[N-])CN(C2(CC)CN(C3(CC)CN(C4(CC)CN(C5(CC)CN(S(=O)(=O)c6ccc(C)cc6)C5)C4)C3)C2)C1. The molecule has 0 N–H and O–H groups in total. The molecule has 1 aromatic rings. The molecule has 11 heteroatoms. The molecule has 0 spiro atoms. The van der Waals surface area contributed by atoms with Gasteiger partial charge >= 0.3 is 0 Å². The van der Waals surface area contributed by atoms with Gasteiger partial charge in [-0.05, 0) is 56.7 Å². The van der Waals surface area contributed by atoms with Crippen LogP contribution in [0.4, 0.5) is 0 Å². The van der Waals surface area contributed by atoms with Crippen molar-refractivity contribution in [3.8, 4) is 0 Å². The molecular formula is C32H52N8O2S. The lowest BCUT2D eigenvalue weighted by Crippen LogP contribution is -2.88. The van der Waals surface area contributed by atoms with Crippen LogP contribution in [0.5, 0.6) is 0 Å². The summed E-state index contributed by atoms with van der Waals surface area (Å²) in [5, 5.41) is 4.16. The third-order valence-corrected chi connectivity index (χ3v) is 14.5. The first kappa shape index (κ1) is 31.3. The summed E-state index contributed by atoms with van der Waals surface area (Å²) in [6, 6.07) is 7.23. The van der Waals surface area contributed by atoms with Crippen LogP contribution in [0, 0.1) is 6.92 Å². The Kier molecular flexibility index (Phi) is 7.77. The Balaban J connectivity index is 1.05. The van der Waals surface area contributed by atoms with Gasteiger partial charge in [-0.25, -0.2) is 8.42 Å². The van der Waals surface area contributed by atoms with Crippen molar-refractivity contribution in [3.05, 3.63) is 40.3 Å². The van der Waals surface area contributed by atoms with Gasteiger partial charge in [-0.1, -0.05) is 57.4 Å². The van der Waals surface area contributed by atoms with E-state index in [4.69, 9.17) is 5.53 Å². The summed E-state index contributed by atoms with van der Waals surface area (Å²) >= 11 is 0. The van der Waals surface area contributed by atoms with Gasteiger partial charge in [0.1, 0.15) is 0 Å². The maximum absolute atomic E-state index is 13.3. The Bertz CT molecular complexity index is 1340. The van der Waals surface area contributed by atoms with E-state index in [0.29, 0.717) is 18.0 Å². The first-order valence-electron chi connectivity index (χ1n) is 16.6. The molecule has 0 unspecified atom stereocenters. The number of azide groups is 1. The highest BCUT2D eigenvalue weighted by Crippen LogP contribution is 2.50. The first-order valence-corrected chi connectivity index (χ1v) is 18.0. The first-order chi connectivity index (χ1) is 20.4. The highest BCUT2D eigenvalue weighted by Gasteiger charge is 2.65. The van der Waals surface area contributed by atoms with Crippen molar-refractivity contribution in [2.45, 2.75) is 106 Å². The molecule has 1 aromatic carbocycles. The molecule has 5 fully saturated rings. The predicted octanol–water partition coefficient (Wildman–Crippen LogP) is 4.32. The summed E-state index contributed by atoms with van der Waals surface area (Å²) in [5.74, 6) is 0. The fourth-order valence-electron chi connectivity index (χ4n) is 8.68. The van der Waals surface area contributed by atoms with Crippen LogP contribution < -0.4 is 0 Å². The zero-order valence-corrected chi connectivity index (χ0v) is 28.0. The summed E-state index contributed by atoms with van der Waals surface area (Å²) < 4.78 is 28.3. The summed E-state index contributed by atoms with van der Waals surface area (Å²) in [4.78, 5) is 14.2. The minimum Gasteiger partial charge on any atom is -0.294 e. The zero-order valence-electron chi connectivity index (χ0n) is 27.2. The standard InChI is InChI=1S/C32H52N8O2S/c1-7-28(34-35-33)16-36(17-28)29(8-2)18-37(19-29)30(9-3)20-38(21-30)31(10-4)22-39(23-31)32(11-5)24-40(25-32)43(41,42)27-14-12-26(6)13-15-27/h12-15H,7-11,16-25H2,1-6H3. The summed E-state index contributed by atoms with van der Waals surface area (Å²) in [5.41, 5.74) is 10.5. The maximum atomic E-state index is 13.3. The van der Waals surface area contributed by atoms with Crippen LogP contribution in [0.2, 0.25) is 0 Å². The van der Waals surface area contributed by atoms with Crippen LogP contribution in [0.15, 0.2) is 34.3 Å². The summed E-state index contributed by atoms with van der Waals surface area (Å²) in [6.45, 7) is 22.8. The Labute approximate surface area is 259 Å². The third kappa shape index (κ3) is 4.60. The average molecular weight is 613 g/mol. The molecule has 0 aromatic heterocycles. The lowest BCUT2D eigenvalue weighted by atomic mass is 9.69. The smallest absolute Gasteiger partial charge is 0.243 e. The molecule has 0 aliphatic carbocycles. The molecule has 5 heterocycles. The van der Waals surface area contributed by atoms with Crippen molar-refractivity contribution >= 4 is 10.0 Å². The normalized spacial score (nSPS) is 28.0. The van der Waals surface area contributed by atoms with Gasteiger partial charge in [-0.15, -0.1) is 0 Å². The quantitative estimate of drug-likeness (QED) is 0.198. The van der Waals surface area contributed by atoms with Gasteiger partial charge in [0.25, 0.3) is 0 Å². The van der Waals surface area contributed by atoms with Crippen molar-refractivity contribution in [2.75, 3.05) is 65.4 Å². The number of rotatable bonds is 12. The zero-order chi connectivity index (χ0) is 30.9. The van der Waals surface area contributed by atoms with Crippen molar-refractivity contribution in [3.63, 3.8) is 0 Å². The maximum Gasteiger partial charge on any atom is 0.243 e. The monoisotopic (exact) mass is 612 g/mol. The molecule has 0 radical (unpaired) electrons. The summed E-state index contributed by atoms with van der Waals surface area (Å²) in [6.07, 6.45) is 5.29. The van der Waals surface area contributed by atoms with Crippen molar-refractivity contribution in [1.29, 1.82) is 0 Å². The second-order valence-corrected chi connectivity index (χ2v) is 16.5. The van der Waals surface area contributed by atoms with Crippen LogP contribution in [-0.4, -0.2) is 125 Å². The predicted molar refractivity (Wildman–Crippen MR) is 170 cm³/mol. The van der Waals surface area contributed by atoms with E-state index >= 15 is 0 Å². The molecule has 0 saturated carbocycles. The molecule has 0 bridgehead atoms. The molecule has 0 atom stereocenters. The molecular weight excluding hydrogens is 560 g/mol. The van der Waals surface area contributed by atoms with Gasteiger partial charge in [0.2, 0.25) is 10.0 Å². The highest BCUT2D eigenvalue weighted by atomic mass is 32.2. The molecule has 43 heavy (non-hydrogen) atoms. The second-order valence-electron chi connectivity index (χ2n) is 14.6. The highest BCUT2D eigenvalue weighted by molar-refractivity contribution is 7.89. The number of sulfonamides is 1. The van der Waals surface area contributed by atoms with Crippen LogP contribution >= 0.6 is 0 Å². The van der Waals surface area contributed by atoms with E-state index < -0.39 is 10.0 Å². The van der Waals surface area contributed by atoms with Crippen molar-refractivity contribution in [2.24, 2.45) is 5.11 Å². The molecule has 6 rings (SSSR count). The van der Waals surface area contributed by atoms with Gasteiger partial charge in [0.15, 0.2) is 0 Å². The fourth-order valence-corrected chi connectivity index (χ4v) is 10.3.